The van der Waals surface area contributed by atoms with Gasteiger partial charge in [0.15, 0.2) is 0 Å². The molecule has 0 bridgehead atoms. The van der Waals surface area contributed by atoms with Crippen LogP contribution in [0.25, 0.3) is 0 Å². The summed E-state index contributed by atoms with van der Waals surface area (Å²) in [4.78, 5) is 12.5. The second kappa shape index (κ2) is 7.38. The summed E-state index contributed by atoms with van der Waals surface area (Å²) in [5.74, 6) is -0.330. The second-order valence-corrected chi connectivity index (χ2v) is 6.18. The molecule has 2 fully saturated rings. The summed E-state index contributed by atoms with van der Waals surface area (Å²) in [6.45, 7) is 3.11. The first kappa shape index (κ1) is 16.4. The Hall–Kier alpha value is -1.50. The predicted octanol–water partition coefficient (Wildman–Crippen LogP) is 1.33. The molecule has 3 rings (SSSR count). The van der Waals surface area contributed by atoms with E-state index in [9.17, 15) is 9.18 Å². The number of nitrogens with one attached hydrogen (secondary N) is 2. The maximum absolute atomic E-state index is 13.6. The van der Waals surface area contributed by atoms with Gasteiger partial charge >= 0.3 is 0 Å². The van der Waals surface area contributed by atoms with Gasteiger partial charge in [-0.15, -0.1) is 0 Å². The molecule has 0 aliphatic carbocycles. The Balaban J connectivity index is 1.72. The molecule has 2 heterocycles. The van der Waals surface area contributed by atoms with Crippen LogP contribution >= 0.6 is 0 Å². The van der Waals surface area contributed by atoms with Crippen molar-refractivity contribution in [3.63, 3.8) is 0 Å². The molecule has 126 valence electrons. The van der Waals surface area contributed by atoms with Crippen molar-refractivity contribution < 1.29 is 18.7 Å². The summed E-state index contributed by atoms with van der Waals surface area (Å²) in [6.07, 6.45) is 1.66. The van der Waals surface area contributed by atoms with Gasteiger partial charge in [0, 0.05) is 32.2 Å². The smallest absolute Gasteiger partial charge is 0.222 e. The van der Waals surface area contributed by atoms with Gasteiger partial charge in [0.25, 0.3) is 0 Å². The van der Waals surface area contributed by atoms with Crippen LogP contribution in [0.3, 0.4) is 0 Å². The molecule has 2 aliphatic rings. The van der Waals surface area contributed by atoms with Crippen molar-refractivity contribution in [3.05, 3.63) is 35.6 Å². The minimum Gasteiger partial charge on any atom is -0.381 e. The summed E-state index contributed by atoms with van der Waals surface area (Å²) in [7, 11) is 0. The van der Waals surface area contributed by atoms with Crippen molar-refractivity contribution in [2.45, 2.75) is 30.8 Å². The lowest BCUT2D eigenvalue weighted by molar-refractivity contribution is -0.125. The van der Waals surface area contributed by atoms with Gasteiger partial charge in [-0.2, -0.15) is 0 Å². The number of carbonyl (C=O) groups excluding carboxylic acids is 1. The zero-order chi connectivity index (χ0) is 16.1. The van der Waals surface area contributed by atoms with Gasteiger partial charge in [-0.3, -0.25) is 4.79 Å². The molecule has 2 aliphatic heterocycles. The van der Waals surface area contributed by atoms with E-state index < -0.39 is 5.54 Å². The van der Waals surface area contributed by atoms with E-state index in [4.69, 9.17) is 9.47 Å². The normalized spacial score (nSPS) is 24.1. The Bertz CT molecular complexity index is 540. The maximum atomic E-state index is 13.6. The van der Waals surface area contributed by atoms with E-state index in [1.165, 1.54) is 12.1 Å². The fourth-order valence-corrected chi connectivity index (χ4v) is 3.28. The highest BCUT2D eigenvalue weighted by atomic mass is 19.1. The summed E-state index contributed by atoms with van der Waals surface area (Å²) in [5, 5.41) is 6.42. The van der Waals surface area contributed by atoms with E-state index in [2.05, 4.69) is 10.6 Å². The quantitative estimate of drug-likeness (QED) is 0.878. The SMILES string of the molecule is O=C(CC1COCCN1)NC1(c2cccc(F)c2)CCOCC1. The van der Waals surface area contributed by atoms with Crippen LogP contribution in [0.15, 0.2) is 24.3 Å². The molecule has 1 aromatic rings. The fraction of sp³-hybridized carbons (Fsp3) is 0.588. The standard InChI is InChI=1S/C17H23FN2O3/c18-14-3-1-2-13(10-14)17(4-7-22-8-5-17)20-16(21)11-15-12-23-9-6-19-15/h1-3,10,15,19H,4-9,11-12H2,(H,20,21). The average molecular weight is 322 g/mol. The maximum Gasteiger partial charge on any atom is 0.222 e. The van der Waals surface area contributed by atoms with E-state index >= 15 is 0 Å². The number of rotatable bonds is 4. The molecule has 0 aromatic heterocycles. The molecular weight excluding hydrogens is 299 g/mol. The van der Waals surface area contributed by atoms with Gasteiger partial charge in [-0.05, 0) is 30.5 Å². The molecule has 0 spiro atoms. The number of hydrogen-bond donors (Lipinski definition) is 2. The zero-order valence-corrected chi connectivity index (χ0v) is 13.1. The number of benzene rings is 1. The third kappa shape index (κ3) is 4.07. The van der Waals surface area contributed by atoms with Crippen LogP contribution in [-0.4, -0.2) is 44.9 Å². The highest BCUT2D eigenvalue weighted by Crippen LogP contribution is 2.32. The lowest BCUT2D eigenvalue weighted by atomic mass is 9.82. The molecular formula is C17H23FN2O3. The van der Waals surface area contributed by atoms with Crippen molar-refractivity contribution in [2.24, 2.45) is 0 Å². The van der Waals surface area contributed by atoms with Crippen LogP contribution in [0.2, 0.25) is 0 Å². The Labute approximate surface area is 135 Å². The Morgan fingerprint density at radius 3 is 2.83 bits per heavy atom. The number of carbonyl (C=O) groups is 1. The molecule has 1 atom stereocenters. The topological polar surface area (TPSA) is 59.6 Å². The van der Waals surface area contributed by atoms with Crippen LogP contribution in [0, 0.1) is 5.82 Å². The minimum absolute atomic E-state index is 0.0353. The van der Waals surface area contributed by atoms with Crippen molar-refractivity contribution in [3.8, 4) is 0 Å². The first-order chi connectivity index (χ1) is 11.2. The fourth-order valence-electron chi connectivity index (χ4n) is 3.28. The summed E-state index contributed by atoms with van der Waals surface area (Å²) in [6, 6.07) is 6.52. The van der Waals surface area contributed by atoms with Crippen molar-refractivity contribution in [1.82, 2.24) is 10.6 Å². The average Bonchev–Trinajstić information content (AvgIpc) is 2.56. The number of amides is 1. The van der Waals surface area contributed by atoms with Crippen LogP contribution in [-0.2, 0) is 19.8 Å². The molecule has 1 aromatic carbocycles. The highest BCUT2D eigenvalue weighted by Gasteiger charge is 2.36. The third-order valence-corrected chi connectivity index (χ3v) is 4.53. The number of ether oxygens (including phenoxy) is 2. The van der Waals surface area contributed by atoms with Gasteiger partial charge in [-0.1, -0.05) is 12.1 Å². The number of halogens is 1. The van der Waals surface area contributed by atoms with Crippen molar-refractivity contribution in [2.75, 3.05) is 33.0 Å². The van der Waals surface area contributed by atoms with E-state index in [1.54, 1.807) is 6.07 Å². The van der Waals surface area contributed by atoms with E-state index in [1.807, 2.05) is 6.07 Å². The van der Waals surface area contributed by atoms with E-state index in [0.29, 0.717) is 45.7 Å². The Kier molecular flexibility index (Phi) is 5.25. The first-order valence-electron chi connectivity index (χ1n) is 8.14. The van der Waals surface area contributed by atoms with Gasteiger partial charge in [0.05, 0.1) is 18.8 Å². The van der Waals surface area contributed by atoms with Crippen LogP contribution in [0.5, 0.6) is 0 Å². The van der Waals surface area contributed by atoms with Gasteiger partial charge in [0.2, 0.25) is 5.91 Å². The monoisotopic (exact) mass is 322 g/mol. The Morgan fingerprint density at radius 2 is 2.13 bits per heavy atom. The summed E-state index contributed by atoms with van der Waals surface area (Å²) < 4.78 is 24.4. The molecule has 5 nitrogen and oxygen atoms in total. The molecule has 0 radical (unpaired) electrons. The number of hydrogen-bond acceptors (Lipinski definition) is 4. The largest absolute Gasteiger partial charge is 0.381 e. The van der Waals surface area contributed by atoms with Crippen LogP contribution in [0.1, 0.15) is 24.8 Å². The summed E-state index contributed by atoms with van der Waals surface area (Å²) in [5.41, 5.74) is 0.259. The van der Waals surface area contributed by atoms with Crippen LogP contribution in [0.4, 0.5) is 4.39 Å². The van der Waals surface area contributed by atoms with E-state index in [-0.39, 0.29) is 17.8 Å². The second-order valence-electron chi connectivity index (χ2n) is 6.18. The van der Waals surface area contributed by atoms with Gasteiger partial charge < -0.3 is 20.1 Å². The third-order valence-electron chi connectivity index (χ3n) is 4.53. The predicted molar refractivity (Wildman–Crippen MR) is 83.5 cm³/mol. The summed E-state index contributed by atoms with van der Waals surface area (Å²) >= 11 is 0. The van der Waals surface area contributed by atoms with Crippen LogP contribution < -0.4 is 10.6 Å². The highest BCUT2D eigenvalue weighted by molar-refractivity contribution is 5.77. The first-order valence-corrected chi connectivity index (χ1v) is 8.14. The molecule has 23 heavy (non-hydrogen) atoms. The molecule has 0 saturated carbocycles. The lowest BCUT2D eigenvalue weighted by Gasteiger charge is -2.39. The number of morpholine rings is 1. The van der Waals surface area contributed by atoms with Crippen molar-refractivity contribution in [1.29, 1.82) is 0 Å². The van der Waals surface area contributed by atoms with E-state index in [0.717, 1.165) is 12.1 Å². The minimum atomic E-state index is -0.549. The van der Waals surface area contributed by atoms with Crippen molar-refractivity contribution >= 4 is 5.91 Å². The molecule has 6 heteroatoms. The molecule has 1 unspecified atom stereocenters. The molecule has 1 amide bonds. The Morgan fingerprint density at radius 1 is 1.30 bits per heavy atom. The van der Waals surface area contributed by atoms with Gasteiger partial charge in [-0.25, -0.2) is 4.39 Å². The lowest BCUT2D eigenvalue weighted by Crippen LogP contribution is -2.52. The van der Waals surface area contributed by atoms with Gasteiger partial charge in [0.1, 0.15) is 5.82 Å². The molecule has 2 saturated heterocycles. The molecule has 2 N–H and O–H groups in total. The zero-order valence-electron chi connectivity index (χ0n) is 13.1.